The van der Waals surface area contributed by atoms with Crippen LogP contribution >= 0.6 is 0 Å². The van der Waals surface area contributed by atoms with Crippen molar-refractivity contribution < 1.29 is 0 Å². The van der Waals surface area contributed by atoms with Gasteiger partial charge in [0, 0.05) is 53.9 Å². The number of nitrogens with zero attached hydrogens (tertiary/aromatic N) is 5. The lowest BCUT2D eigenvalue weighted by Crippen LogP contribution is -2.33. The predicted molar refractivity (Wildman–Crippen MR) is 141 cm³/mol. The Morgan fingerprint density at radius 3 is 2.71 bits per heavy atom. The van der Waals surface area contributed by atoms with Crippen molar-refractivity contribution in [3.05, 3.63) is 54.0 Å². The van der Waals surface area contributed by atoms with Crippen molar-refractivity contribution in [3.63, 3.8) is 0 Å². The Labute approximate surface area is 207 Å². The zero-order chi connectivity index (χ0) is 24.5. The van der Waals surface area contributed by atoms with Crippen molar-refractivity contribution >= 4 is 22.5 Å². The number of nitrogens with one attached hydrogen (secondary N) is 2. The van der Waals surface area contributed by atoms with Gasteiger partial charge in [0.05, 0.1) is 28.7 Å². The van der Waals surface area contributed by atoms with E-state index < -0.39 is 0 Å². The minimum absolute atomic E-state index is 0.282. The molecule has 2 atom stereocenters. The largest absolute Gasteiger partial charge is 0.382 e. The second-order valence-corrected chi connectivity index (χ2v) is 10.3. The molecule has 5 rings (SSSR count). The fourth-order valence-electron chi connectivity index (χ4n) is 5.30. The Balaban J connectivity index is 1.39. The van der Waals surface area contributed by atoms with Crippen LogP contribution < -0.4 is 10.6 Å². The van der Waals surface area contributed by atoms with Crippen molar-refractivity contribution in [3.8, 4) is 17.5 Å². The van der Waals surface area contributed by atoms with Gasteiger partial charge in [0.2, 0.25) is 0 Å². The normalized spacial score (nSPS) is 19.9. The van der Waals surface area contributed by atoms with Crippen molar-refractivity contribution in [2.45, 2.75) is 71.5 Å². The van der Waals surface area contributed by atoms with Crippen LogP contribution in [0.4, 0.5) is 5.69 Å². The lowest BCUT2D eigenvalue weighted by molar-refractivity contribution is 0.466. The molecule has 1 aliphatic heterocycles. The average Bonchev–Trinajstić information content (AvgIpc) is 3.57. The highest BCUT2D eigenvalue weighted by Crippen LogP contribution is 2.37. The lowest BCUT2D eigenvalue weighted by atomic mass is 9.94. The van der Waals surface area contributed by atoms with Gasteiger partial charge in [-0.15, -0.1) is 0 Å². The molecule has 0 saturated heterocycles. The highest BCUT2D eigenvalue weighted by atomic mass is 15.2. The van der Waals surface area contributed by atoms with Crippen LogP contribution in [-0.2, 0) is 0 Å². The topological polar surface area (TPSA) is 90.4 Å². The Morgan fingerprint density at radius 2 is 1.94 bits per heavy atom. The van der Waals surface area contributed by atoms with Crippen LogP contribution in [0.2, 0.25) is 0 Å². The van der Waals surface area contributed by atoms with Crippen LogP contribution in [0.1, 0.15) is 64.5 Å². The van der Waals surface area contributed by atoms with Gasteiger partial charge in [-0.1, -0.05) is 13.8 Å². The summed E-state index contributed by atoms with van der Waals surface area (Å²) in [6.45, 7) is 8.73. The fourth-order valence-corrected chi connectivity index (χ4v) is 5.30. The molecule has 2 N–H and O–H groups in total. The van der Waals surface area contributed by atoms with Gasteiger partial charge in [-0.25, -0.2) is 4.52 Å². The number of anilines is 1. The molecule has 35 heavy (non-hydrogen) atoms. The summed E-state index contributed by atoms with van der Waals surface area (Å²) in [6.07, 6.45) is 10.1. The number of aliphatic imine (C=N–C) groups is 1. The number of aromatic nitrogens is 3. The van der Waals surface area contributed by atoms with Crippen LogP contribution in [0, 0.1) is 17.2 Å². The standard InChI is InChI=1S/C28H33N7/c1-17(2)33-22-6-5-20(10-22)25-11-21(15-30-25)24-16-31-27(12-26(24)34-18(3)4)28-8-7-23-9-19(13-29)14-32-35(23)28/h7-9,12,14-18,20,22,33H,5-6,10-11H2,1-4H3,(H,31,34)/t20-,22+/m0/s1. The minimum Gasteiger partial charge on any atom is -0.382 e. The lowest BCUT2D eigenvalue weighted by Gasteiger charge is -2.18. The number of fused-ring (bicyclic) bond motifs is 1. The maximum absolute atomic E-state index is 9.17. The van der Waals surface area contributed by atoms with Crippen LogP contribution in [0.5, 0.6) is 0 Å². The Morgan fingerprint density at radius 1 is 1.09 bits per heavy atom. The molecule has 1 saturated carbocycles. The van der Waals surface area contributed by atoms with Crippen molar-refractivity contribution in [1.29, 1.82) is 5.26 Å². The first-order chi connectivity index (χ1) is 16.9. The molecule has 0 amide bonds. The van der Waals surface area contributed by atoms with E-state index in [0.29, 0.717) is 23.6 Å². The zero-order valence-corrected chi connectivity index (χ0v) is 20.9. The van der Waals surface area contributed by atoms with E-state index >= 15 is 0 Å². The van der Waals surface area contributed by atoms with Gasteiger partial charge in [0.15, 0.2) is 0 Å². The first-order valence-electron chi connectivity index (χ1n) is 12.6. The molecular weight excluding hydrogens is 434 g/mol. The molecule has 1 fully saturated rings. The van der Waals surface area contributed by atoms with E-state index in [1.165, 1.54) is 30.5 Å². The molecule has 180 valence electrons. The Bertz CT molecular complexity index is 1340. The van der Waals surface area contributed by atoms with E-state index in [9.17, 15) is 5.26 Å². The maximum atomic E-state index is 9.17. The number of hydrogen-bond acceptors (Lipinski definition) is 6. The molecule has 0 radical (unpaired) electrons. The van der Waals surface area contributed by atoms with E-state index in [2.05, 4.69) is 55.6 Å². The van der Waals surface area contributed by atoms with Crippen LogP contribution in [-0.4, -0.2) is 38.4 Å². The number of allylic oxidation sites excluding steroid dienone is 1. The van der Waals surface area contributed by atoms with Crippen LogP contribution in [0.3, 0.4) is 0 Å². The number of nitriles is 1. The minimum atomic E-state index is 0.282. The number of pyridine rings is 1. The molecule has 0 bridgehead atoms. The van der Waals surface area contributed by atoms with E-state index in [4.69, 9.17) is 9.98 Å². The second-order valence-electron chi connectivity index (χ2n) is 10.3. The van der Waals surface area contributed by atoms with E-state index in [1.54, 1.807) is 6.20 Å². The third-order valence-electron chi connectivity index (χ3n) is 6.82. The Kier molecular flexibility index (Phi) is 6.40. The molecule has 2 aliphatic rings. The van der Waals surface area contributed by atoms with Gasteiger partial charge in [-0.2, -0.15) is 10.4 Å². The molecule has 1 aliphatic carbocycles. The van der Waals surface area contributed by atoms with Gasteiger partial charge < -0.3 is 10.6 Å². The summed E-state index contributed by atoms with van der Waals surface area (Å²) in [5, 5.41) is 20.9. The third kappa shape index (κ3) is 4.85. The van der Waals surface area contributed by atoms with E-state index in [0.717, 1.165) is 34.6 Å². The SMILES string of the molecule is CC(C)Nc1cc(-c2ccc3cc(C#N)cnn23)ncc1C1=CN=C([C@H]2CC[C@@H](NC(C)C)C2)C1. The molecule has 0 spiro atoms. The smallest absolute Gasteiger partial charge is 0.101 e. The highest BCUT2D eigenvalue weighted by molar-refractivity contribution is 6.01. The molecule has 0 unspecified atom stereocenters. The molecule has 0 aromatic carbocycles. The van der Waals surface area contributed by atoms with Gasteiger partial charge in [0.25, 0.3) is 0 Å². The summed E-state index contributed by atoms with van der Waals surface area (Å²) < 4.78 is 1.83. The summed E-state index contributed by atoms with van der Waals surface area (Å²) in [5.41, 5.74) is 7.86. The average molecular weight is 468 g/mol. The van der Waals surface area contributed by atoms with Gasteiger partial charge >= 0.3 is 0 Å². The second kappa shape index (κ2) is 9.63. The highest BCUT2D eigenvalue weighted by Gasteiger charge is 2.30. The zero-order valence-electron chi connectivity index (χ0n) is 20.9. The first kappa shape index (κ1) is 23.3. The van der Waals surface area contributed by atoms with Crippen LogP contribution in [0.25, 0.3) is 22.5 Å². The predicted octanol–water partition coefficient (Wildman–Crippen LogP) is 5.44. The molecule has 3 aromatic heterocycles. The van der Waals surface area contributed by atoms with Crippen molar-refractivity contribution in [2.75, 3.05) is 5.32 Å². The molecule has 3 aromatic rings. The summed E-state index contributed by atoms with van der Waals surface area (Å²) in [5.74, 6) is 0.560. The molecule has 7 nitrogen and oxygen atoms in total. The van der Waals surface area contributed by atoms with Crippen molar-refractivity contribution in [1.82, 2.24) is 19.9 Å². The van der Waals surface area contributed by atoms with E-state index in [-0.39, 0.29) is 6.04 Å². The Hall–Kier alpha value is -3.50. The molecular formula is C28H33N7. The number of rotatable bonds is 7. The summed E-state index contributed by atoms with van der Waals surface area (Å²) in [4.78, 5) is 9.70. The summed E-state index contributed by atoms with van der Waals surface area (Å²) in [7, 11) is 0. The van der Waals surface area contributed by atoms with Gasteiger partial charge in [-0.05, 0) is 68.9 Å². The first-order valence-corrected chi connectivity index (χ1v) is 12.6. The summed E-state index contributed by atoms with van der Waals surface area (Å²) in [6, 6.07) is 11.5. The molecule has 4 heterocycles. The van der Waals surface area contributed by atoms with E-state index in [1.807, 2.05) is 35.1 Å². The number of hydrogen-bond donors (Lipinski definition) is 2. The quantitative estimate of drug-likeness (QED) is 0.483. The fraction of sp³-hybridized carbons (Fsp3) is 0.429. The summed E-state index contributed by atoms with van der Waals surface area (Å²) >= 11 is 0. The maximum Gasteiger partial charge on any atom is 0.101 e. The third-order valence-corrected chi connectivity index (χ3v) is 6.82. The van der Waals surface area contributed by atoms with Crippen molar-refractivity contribution in [2.24, 2.45) is 10.9 Å². The van der Waals surface area contributed by atoms with Crippen LogP contribution in [0.15, 0.2) is 47.9 Å². The monoisotopic (exact) mass is 467 g/mol. The molecule has 7 heteroatoms. The van der Waals surface area contributed by atoms with Gasteiger partial charge in [0.1, 0.15) is 6.07 Å². The van der Waals surface area contributed by atoms with Gasteiger partial charge in [-0.3, -0.25) is 9.98 Å².